The minimum atomic E-state index is -1.00. The van der Waals surface area contributed by atoms with Gasteiger partial charge in [0.2, 0.25) is 0 Å². The van der Waals surface area contributed by atoms with Crippen LogP contribution in [0.2, 0.25) is 5.15 Å². The summed E-state index contributed by atoms with van der Waals surface area (Å²) < 4.78 is 0. The Morgan fingerprint density at radius 3 is 2.88 bits per heavy atom. The lowest BCUT2D eigenvalue weighted by Crippen LogP contribution is -2.29. The predicted octanol–water partition coefficient (Wildman–Crippen LogP) is 1.09. The van der Waals surface area contributed by atoms with Crippen molar-refractivity contribution in [2.45, 2.75) is 0 Å². The summed E-state index contributed by atoms with van der Waals surface area (Å²) >= 11 is 5.75. The van der Waals surface area contributed by atoms with Crippen molar-refractivity contribution < 1.29 is 9.90 Å². The van der Waals surface area contributed by atoms with E-state index in [1.165, 1.54) is 12.1 Å². The van der Waals surface area contributed by atoms with Gasteiger partial charge in [0, 0.05) is 20.1 Å². The number of rotatable bonds is 5. The number of anilines is 1. The number of carbonyl (C=O) groups is 1. The number of likely N-dealkylation sites (N-methyl/N-ethyl adjacent to an activating group) is 2. The maximum absolute atomic E-state index is 11.0. The van der Waals surface area contributed by atoms with Crippen LogP contribution in [0.3, 0.4) is 0 Å². The van der Waals surface area contributed by atoms with E-state index >= 15 is 0 Å². The molecule has 0 saturated carbocycles. The first-order chi connectivity index (χ1) is 7.56. The summed E-state index contributed by atoms with van der Waals surface area (Å²) in [4.78, 5) is 16.8. The van der Waals surface area contributed by atoms with Crippen molar-refractivity contribution >= 4 is 23.4 Å². The first-order valence-electron chi connectivity index (χ1n) is 4.82. The van der Waals surface area contributed by atoms with Crippen LogP contribution in [0.1, 0.15) is 10.4 Å². The Morgan fingerprint density at radius 1 is 1.62 bits per heavy atom. The van der Waals surface area contributed by atoms with Crippen molar-refractivity contribution in [3.63, 3.8) is 0 Å². The predicted molar refractivity (Wildman–Crippen MR) is 63.4 cm³/mol. The average Bonchev–Trinajstić information content (AvgIpc) is 2.25. The van der Waals surface area contributed by atoms with Crippen LogP contribution in [-0.4, -0.2) is 43.2 Å². The number of aromatic nitrogens is 1. The summed E-state index contributed by atoms with van der Waals surface area (Å²) in [5, 5.41) is 12.3. The molecule has 2 N–H and O–H groups in total. The molecule has 6 heteroatoms. The molecule has 0 saturated heterocycles. The second kappa shape index (κ2) is 5.67. The molecule has 0 spiro atoms. The van der Waals surface area contributed by atoms with E-state index in [-0.39, 0.29) is 10.7 Å². The normalized spacial score (nSPS) is 10.2. The maximum atomic E-state index is 11.0. The van der Waals surface area contributed by atoms with Crippen LogP contribution in [0.15, 0.2) is 12.1 Å². The van der Waals surface area contributed by atoms with Crippen LogP contribution >= 0.6 is 11.6 Å². The summed E-state index contributed by atoms with van der Waals surface area (Å²) in [7, 11) is 3.61. The third kappa shape index (κ3) is 3.08. The van der Waals surface area contributed by atoms with Crippen molar-refractivity contribution in [2.75, 3.05) is 32.1 Å². The van der Waals surface area contributed by atoms with Gasteiger partial charge in [0.1, 0.15) is 16.5 Å². The van der Waals surface area contributed by atoms with E-state index < -0.39 is 5.97 Å². The smallest absolute Gasteiger partial charge is 0.339 e. The van der Waals surface area contributed by atoms with E-state index in [1.807, 2.05) is 7.05 Å². The third-order valence-corrected chi connectivity index (χ3v) is 2.34. The van der Waals surface area contributed by atoms with Crippen LogP contribution in [0.25, 0.3) is 0 Å². The highest BCUT2D eigenvalue weighted by Crippen LogP contribution is 2.19. The lowest BCUT2D eigenvalue weighted by atomic mass is 10.2. The fourth-order valence-corrected chi connectivity index (χ4v) is 1.41. The molecule has 1 aromatic rings. The number of aromatic carboxylic acids is 1. The quantitative estimate of drug-likeness (QED) is 0.758. The van der Waals surface area contributed by atoms with Gasteiger partial charge in [-0.25, -0.2) is 9.78 Å². The second-order valence-electron chi connectivity index (χ2n) is 3.34. The molecule has 0 aliphatic rings. The molecule has 0 unspecified atom stereocenters. The molecule has 0 bridgehead atoms. The summed E-state index contributed by atoms with van der Waals surface area (Å²) in [5.41, 5.74) is 0.156. The molecule has 0 atom stereocenters. The van der Waals surface area contributed by atoms with Gasteiger partial charge in [-0.3, -0.25) is 0 Å². The second-order valence-corrected chi connectivity index (χ2v) is 3.72. The molecule has 88 valence electrons. The molecule has 0 fully saturated rings. The van der Waals surface area contributed by atoms with E-state index in [0.29, 0.717) is 12.4 Å². The minimum Gasteiger partial charge on any atom is -0.478 e. The Hall–Kier alpha value is -1.33. The molecule has 0 aliphatic heterocycles. The molecule has 1 heterocycles. The van der Waals surface area contributed by atoms with E-state index in [4.69, 9.17) is 16.7 Å². The number of hydrogen-bond acceptors (Lipinski definition) is 4. The highest BCUT2D eigenvalue weighted by atomic mass is 35.5. The molecule has 0 amide bonds. The highest BCUT2D eigenvalue weighted by molar-refractivity contribution is 6.29. The molecule has 0 aliphatic carbocycles. The number of hydrogen-bond donors (Lipinski definition) is 2. The summed E-state index contributed by atoms with van der Waals surface area (Å²) in [6, 6.07) is 2.93. The Kier molecular flexibility index (Phi) is 4.52. The van der Waals surface area contributed by atoms with Crippen molar-refractivity contribution in [1.29, 1.82) is 0 Å². The number of pyridine rings is 1. The average molecular weight is 244 g/mol. The molecule has 0 radical (unpaired) electrons. The van der Waals surface area contributed by atoms with Gasteiger partial charge >= 0.3 is 5.97 Å². The zero-order valence-corrected chi connectivity index (χ0v) is 9.95. The zero-order chi connectivity index (χ0) is 12.1. The monoisotopic (exact) mass is 243 g/mol. The lowest BCUT2D eigenvalue weighted by Gasteiger charge is -2.19. The molecule has 16 heavy (non-hydrogen) atoms. The van der Waals surface area contributed by atoms with Gasteiger partial charge in [-0.15, -0.1) is 0 Å². The van der Waals surface area contributed by atoms with E-state index in [9.17, 15) is 4.79 Å². The van der Waals surface area contributed by atoms with Crippen molar-refractivity contribution in [3.8, 4) is 0 Å². The van der Waals surface area contributed by atoms with Crippen LogP contribution < -0.4 is 10.2 Å². The summed E-state index contributed by atoms with van der Waals surface area (Å²) in [6.07, 6.45) is 0. The Labute approximate surface area is 99.0 Å². The summed E-state index contributed by atoms with van der Waals surface area (Å²) in [5.74, 6) is -0.620. The van der Waals surface area contributed by atoms with Crippen LogP contribution in [0.5, 0.6) is 0 Å². The largest absolute Gasteiger partial charge is 0.478 e. The van der Waals surface area contributed by atoms with Gasteiger partial charge in [0.05, 0.1) is 0 Å². The SMILES string of the molecule is CNCCN(C)c1nc(Cl)ccc1C(=O)O. The molecule has 5 nitrogen and oxygen atoms in total. The first-order valence-corrected chi connectivity index (χ1v) is 5.19. The molecular weight excluding hydrogens is 230 g/mol. The maximum Gasteiger partial charge on any atom is 0.339 e. The Balaban J connectivity index is 2.99. The molecule has 1 rings (SSSR count). The van der Waals surface area contributed by atoms with Crippen molar-refractivity contribution in [1.82, 2.24) is 10.3 Å². The van der Waals surface area contributed by atoms with Gasteiger partial charge in [-0.2, -0.15) is 0 Å². The van der Waals surface area contributed by atoms with Crippen molar-refractivity contribution in [2.24, 2.45) is 0 Å². The lowest BCUT2D eigenvalue weighted by molar-refractivity contribution is 0.0697. The van der Waals surface area contributed by atoms with Crippen LogP contribution in [0.4, 0.5) is 5.82 Å². The van der Waals surface area contributed by atoms with E-state index in [0.717, 1.165) is 6.54 Å². The standard InChI is InChI=1S/C10H14ClN3O2/c1-12-5-6-14(2)9-7(10(15)16)3-4-8(11)13-9/h3-4,12H,5-6H2,1-2H3,(H,15,16). The fraction of sp³-hybridized carbons (Fsp3) is 0.400. The Bertz CT molecular complexity index is 384. The van der Waals surface area contributed by atoms with E-state index in [2.05, 4.69) is 10.3 Å². The zero-order valence-electron chi connectivity index (χ0n) is 9.20. The summed E-state index contributed by atoms with van der Waals surface area (Å²) in [6.45, 7) is 1.40. The van der Waals surface area contributed by atoms with Gasteiger partial charge in [-0.05, 0) is 19.2 Å². The first kappa shape index (κ1) is 12.7. The number of nitrogens with zero attached hydrogens (tertiary/aromatic N) is 2. The van der Waals surface area contributed by atoms with Gasteiger partial charge < -0.3 is 15.3 Å². The number of halogens is 1. The molecule has 0 aromatic carbocycles. The van der Waals surface area contributed by atoms with Crippen LogP contribution in [-0.2, 0) is 0 Å². The topological polar surface area (TPSA) is 65.5 Å². The molecular formula is C10H14ClN3O2. The van der Waals surface area contributed by atoms with Crippen LogP contribution in [0, 0.1) is 0 Å². The number of carboxylic acid groups (broad SMARTS) is 1. The van der Waals surface area contributed by atoms with E-state index in [1.54, 1.807) is 11.9 Å². The van der Waals surface area contributed by atoms with Gasteiger partial charge in [-0.1, -0.05) is 11.6 Å². The van der Waals surface area contributed by atoms with Gasteiger partial charge in [0.25, 0.3) is 0 Å². The van der Waals surface area contributed by atoms with Gasteiger partial charge in [0.15, 0.2) is 0 Å². The number of nitrogens with one attached hydrogen (secondary N) is 1. The van der Waals surface area contributed by atoms with Crippen molar-refractivity contribution in [3.05, 3.63) is 22.8 Å². The molecule has 1 aromatic heterocycles. The fourth-order valence-electron chi connectivity index (χ4n) is 1.27. The minimum absolute atomic E-state index is 0.156. The third-order valence-electron chi connectivity index (χ3n) is 2.13. The Morgan fingerprint density at radius 2 is 2.31 bits per heavy atom. The highest BCUT2D eigenvalue weighted by Gasteiger charge is 2.15. The number of carboxylic acids is 1.